The Morgan fingerprint density at radius 1 is 1.05 bits per heavy atom. The van der Waals surface area contributed by atoms with Crippen molar-refractivity contribution in [2.45, 2.75) is 44.6 Å². The van der Waals surface area contributed by atoms with Gasteiger partial charge in [0.15, 0.2) is 0 Å². The Morgan fingerprint density at radius 3 is 2.20 bits per heavy atom. The zero-order valence-electron chi connectivity index (χ0n) is 12.5. The van der Waals surface area contributed by atoms with Gasteiger partial charge in [0.25, 0.3) is 0 Å². The Hall–Kier alpha value is -1.10. The van der Waals surface area contributed by atoms with Gasteiger partial charge in [-0.05, 0) is 46.2 Å². The van der Waals surface area contributed by atoms with Gasteiger partial charge >= 0.3 is 5.97 Å². The van der Waals surface area contributed by atoms with Crippen LogP contribution in [-0.2, 0) is 9.59 Å². The van der Waals surface area contributed by atoms with Crippen molar-refractivity contribution in [1.82, 2.24) is 9.80 Å². The van der Waals surface area contributed by atoms with Crippen LogP contribution in [0.3, 0.4) is 0 Å². The molecule has 1 N–H and O–H groups in total. The Bertz CT molecular complexity index is 362. The summed E-state index contributed by atoms with van der Waals surface area (Å²) >= 11 is 0. The van der Waals surface area contributed by atoms with E-state index < -0.39 is 5.97 Å². The van der Waals surface area contributed by atoms with Gasteiger partial charge in [0.2, 0.25) is 5.91 Å². The average Bonchev–Trinajstić information content (AvgIpc) is 2.46. The number of nitrogens with zero attached hydrogens (tertiary/aromatic N) is 2. The highest BCUT2D eigenvalue weighted by Gasteiger charge is 2.34. The smallest absolute Gasteiger partial charge is 0.306 e. The highest BCUT2D eigenvalue weighted by molar-refractivity contribution is 5.80. The number of hydrogen-bond donors (Lipinski definition) is 1. The van der Waals surface area contributed by atoms with E-state index in [1.807, 2.05) is 4.90 Å². The second kappa shape index (κ2) is 6.57. The minimum absolute atomic E-state index is 0.0687. The number of aliphatic carboxylic acids is 1. The van der Waals surface area contributed by atoms with Crippen molar-refractivity contribution in [2.75, 3.05) is 27.2 Å². The lowest BCUT2D eigenvalue weighted by Crippen LogP contribution is -2.47. The molecule has 1 amide bonds. The molecule has 2 aliphatic rings. The molecule has 1 saturated heterocycles. The Balaban J connectivity index is 1.87. The minimum atomic E-state index is -0.742. The highest BCUT2D eigenvalue weighted by atomic mass is 16.4. The molecule has 1 saturated carbocycles. The summed E-state index contributed by atoms with van der Waals surface area (Å²) in [6.07, 6.45) is 5.02. The summed E-state index contributed by atoms with van der Waals surface area (Å²) in [4.78, 5) is 27.8. The van der Waals surface area contributed by atoms with Crippen LogP contribution < -0.4 is 0 Å². The van der Waals surface area contributed by atoms with E-state index in [9.17, 15) is 9.59 Å². The van der Waals surface area contributed by atoms with E-state index in [4.69, 9.17) is 5.11 Å². The number of piperidine rings is 1. The number of hydrogen-bond acceptors (Lipinski definition) is 3. The maximum atomic E-state index is 12.5. The second-order valence-electron chi connectivity index (χ2n) is 6.42. The summed E-state index contributed by atoms with van der Waals surface area (Å²) < 4.78 is 0. The van der Waals surface area contributed by atoms with Gasteiger partial charge in [0.05, 0.1) is 5.92 Å². The van der Waals surface area contributed by atoms with Crippen molar-refractivity contribution in [3.05, 3.63) is 0 Å². The minimum Gasteiger partial charge on any atom is -0.481 e. The van der Waals surface area contributed by atoms with Gasteiger partial charge in [-0.1, -0.05) is 6.42 Å². The fourth-order valence-electron chi connectivity index (χ4n) is 3.50. The second-order valence-corrected chi connectivity index (χ2v) is 6.42. The molecule has 0 bridgehead atoms. The molecule has 0 aromatic heterocycles. The van der Waals surface area contributed by atoms with Gasteiger partial charge in [-0.2, -0.15) is 0 Å². The summed E-state index contributed by atoms with van der Waals surface area (Å²) in [6.45, 7) is 1.63. The van der Waals surface area contributed by atoms with E-state index in [2.05, 4.69) is 19.0 Å². The molecule has 2 unspecified atom stereocenters. The van der Waals surface area contributed by atoms with Gasteiger partial charge in [-0.15, -0.1) is 0 Å². The number of carboxylic acids is 1. The van der Waals surface area contributed by atoms with E-state index in [-0.39, 0.29) is 17.7 Å². The summed E-state index contributed by atoms with van der Waals surface area (Å²) in [5.41, 5.74) is 0. The number of likely N-dealkylation sites (tertiary alicyclic amines) is 1. The third-order valence-corrected chi connectivity index (χ3v) is 4.88. The van der Waals surface area contributed by atoms with E-state index in [1.54, 1.807) is 0 Å². The molecular formula is C15H26N2O3. The normalized spacial score (nSPS) is 28.6. The summed E-state index contributed by atoms with van der Waals surface area (Å²) in [5.74, 6) is -0.945. The lowest BCUT2D eigenvalue weighted by Gasteiger charge is -2.38. The quantitative estimate of drug-likeness (QED) is 0.850. The molecule has 5 nitrogen and oxygen atoms in total. The molecule has 1 heterocycles. The van der Waals surface area contributed by atoms with E-state index >= 15 is 0 Å². The largest absolute Gasteiger partial charge is 0.481 e. The molecule has 1 aliphatic heterocycles. The molecule has 5 heteroatoms. The number of carbonyl (C=O) groups is 2. The first-order valence-corrected chi connectivity index (χ1v) is 7.67. The lowest BCUT2D eigenvalue weighted by molar-refractivity contribution is -0.145. The van der Waals surface area contributed by atoms with Gasteiger partial charge in [-0.3, -0.25) is 9.59 Å². The van der Waals surface area contributed by atoms with Crippen molar-refractivity contribution in [1.29, 1.82) is 0 Å². The SMILES string of the molecule is CN(C)C1CCN(C(=O)C2CCCC(C(=O)O)C2)CC1. The van der Waals surface area contributed by atoms with Crippen molar-refractivity contribution < 1.29 is 14.7 Å². The van der Waals surface area contributed by atoms with Crippen LogP contribution >= 0.6 is 0 Å². The van der Waals surface area contributed by atoms with Crippen molar-refractivity contribution in [3.8, 4) is 0 Å². The third kappa shape index (κ3) is 3.51. The number of amides is 1. The molecule has 0 aromatic rings. The van der Waals surface area contributed by atoms with Gasteiger partial charge < -0.3 is 14.9 Å². The zero-order chi connectivity index (χ0) is 14.7. The maximum Gasteiger partial charge on any atom is 0.306 e. The first-order valence-electron chi connectivity index (χ1n) is 7.67. The molecule has 20 heavy (non-hydrogen) atoms. The van der Waals surface area contributed by atoms with Gasteiger partial charge in [0.1, 0.15) is 0 Å². The Labute approximate surface area is 120 Å². The van der Waals surface area contributed by atoms with E-state index in [0.717, 1.165) is 45.2 Å². The van der Waals surface area contributed by atoms with Crippen LogP contribution in [0, 0.1) is 11.8 Å². The molecule has 2 fully saturated rings. The number of rotatable bonds is 3. The summed E-state index contributed by atoms with van der Waals surface area (Å²) in [7, 11) is 4.17. The van der Waals surface area contributed by atoms with Crippen LogP contribution in [0.25, 0.3) is 0 Å². The van der Waals surface area contributed by atoms with Crippen LogP contribution in [0.2, 0.25) is 0 Å². The maximum absolute atomic E-state index is 12.5. The molecule has 1 aliphatic carbocycles. The lowest BCUT2D eigenvalue weighted by atomic mass is 9.80. The molecule has 114 valence electrons. The molecule has 2 rings (SSSR count). The Morgan fingerprint density at radius 2 is 1.65 bits per heavy atom. The summed E-state index contributed by atoms with van der Waals surface area (Å²) in [5, 5.41) is 9.11. The van der Waals surface area contributed by atoms with Gasteiger partial charge in [0, 0.05) is 25.0 Å². The fraction of sp³-hybridized carbons (Fsp3) is 0.867. The standard InChI is InChI=1S/C15H26N2O3/c1-16(2)13-6-8-17(9-7-13)14(18)11-4-3-5-12(10-11)15(19)20/h11-13H,3-10H2,1-2H3,(H,19,20). The third-order valence-electron chi connectivity index (χ3n) is 4.88. The Kier molecular flexibility index (Phi) is 5.02. The number of carbonyl (C=O) groups excluding carboxylic acids is 1. The fourth-order valence-corrected chi connectivity index (χ4v) is 3.50. The van der Waals surface area contributed by atoms with Gasteiger partial charge in [-0.25, -0.2) is 0 Å². The molecule has 0 radical (unpaired) electrons. The average molecular weight is 282 g/mol. The molecule has 0 aromatic carbocycles. The number of carboxylic acid groups (broad SMARTS) is 1. The topological polar surface area (TPSA) is 60.9 Å². The monoisotopic (exact) mass is 282 g/mol. The van der Waals surface area contributed by atoms with Crippen molar-refractivity contribution >= 4 is 11.9 Å². The van der Waals surface area contributed by atoms with E-state index in [1.165, 1.54) is 0 Å². The van der Waals surface area contributed by atoms with Crippen LogP contribution in [0.4, 0.5) is 0 Å². The summed E-state index contributed by atoms with van der Waals surface area (Å²) in [6, 6.07) is 0.567. The zero-order valence-corrected chi connectivity index (χ0v) is 12.5. The van der Waals surface area contributed by atoms with E-state index in [0.29, 0.717) is 12.5 Å². The predicted octanol–water partition coefficient (Wildman–Crippen LogP) is 1.43. The van der Waals surface area contributed by atoms with Crippen molar-refractivity contribution in [2.24, 2.45) is 11.8 Å². The van der Waals surface area contributed by atoms with Crippen LogP contribution in [0.1, 0.15) is 38.5 Å². The first kappa shape index (κ1) is 15.3. The van der Waals surface area contributed by atoms with Crippen LogP contribution in [0.5, 0.6) is 0 Å². The molecular weight excluding hydrogens is 256 g/mol. The molecule has 0 spiro atoms. The predicted molar refractivity (Wildman–Crippen MR) is 76.4 cm³/mol. The van der Waals surface area contributed by atoms with Crippen LogP contribution in [-0.4, -0.2) is 60.0 Å². The van der Waals surface area contributed by atoms with Crippen molar-refractivity contribution in [3.63, 3.8) is 0 Å². The van der Waals surface area contributed by atoms with Crippen LogP contribution in [0.15, 0.2) is 0 Å². The first-order chi connectivity index (χ1) is 9.49. The molecule has 2 atom stereocenters. The highest BCUT2D eigenvalue weighted by Crippen LogP contribution is 2.31.